The average Bonchev–Trinajstić information content (AvgIpc) is 3.32. The average molecular weight is 913 g/mol. The second-order valence-electron chi connectivity index (χ2n) is 17.4. The van der Waals surface area contributed by atoms with E-state index in [1.54, 1.807) is 0 Å². The number of rotatable bonds is 48. The zero-order valence-electron chi connectivity index (χ0n) is 42.9. The van der Waals surface area contributed by atoms with Crippen LogP contribution in [0.2, 0.25) is 0 Å². The second kappa shape index (κ2) is 55.6. The first kappa shape index (κ1) is 62.3. The largest absolute Gasteiger partial charge is 0.462 e. The number of esters is 2. The van der Waals surface area contributed by atoms with Crippen molar-refractivity contribution in [3.63, 3.8) is 0 Å². The lowest BCUT2D eigenvalue weighted by Crippen LogP contribution is -2.30. The summed E-state index contributed by atoms with van der Waals surface area (Å²) >= 11 is 0. The van der Waals surface area contributed by atoms with E-state index in [0.717, 1.165) is 96.3 Å². The van der Waals surface area contributed by atoms with Crippen LogP contribution in [-0.2, 0) is 23.8 Å². The van der Waals surface area contributed by atoms with Gasteiger partial charge in [-0.2, -0.15) is 0 Å². The number of hydrogen-bond donors (Lipinski definition) is 0. The van der Waals surface area contributed by atoms with E-state index in [-0.39, 0.29) is 25.2 Å². The van der Waals surface area contributed by atoms with Gasteiger partial charge in [-0.1, -0.05) is 219 Å². The molecule has 1 unspecified atom stereocenters. The smallest absolute Gasteiger partial charge is 0.306 e. The maximum absolute atomic E-state index is 12.8. The number of ether oxygens (including phenoxy) is 3. The van der Waals surface area contributed by atoms with Crippen LogP contribution < -0.4 is 0 Å². The normalized spacial score (nSPS) is 13.2. The molecule has 0 saturated heterocycles. The van der Waals surface area contributed by atoms with Gasteiger partial charge in [-0.3, -0.25) is 9.59 Å². The molecule has 0 amide bonds. The Morgan fingerprint density at radius 3 is 1.21 bits per heavy atom. The van der Waals surface area contributed by atoms with Crippen molar-refractivity contribution in [1.82, 2.24) is 0 Å². The molecule has 5 heteroatoms. The fourth-order valence-corrected chi connectivity index (χ4v) is 6.96. The van der Waals surface area contributed by atoms with E-state index in [9.17, 15) is 9.59 Å². The van der Waals surface area contributed by atoms with Crippen LogP contribution in [-0.4, -0.2) is 37.9 Å². The fourth-order valence-electron chi connectivity index (χ4n) is 6.96. The van der Waals surface area contributed by atoms with Crippen molar-refractivity contribution in [3.8, 4) is 0 Å². The lowest BCUT2D eigenvalue weighted by Gasteiger charge is -2.18. The van der Waals surface area contributed by atoms with Crippen LogP contribution in [0.1, 0.15) is 226 Å². The lowest BCUT2D eigenvalue weighted by molar-refractivity contribution is -0.162. The first-order valence-electron chi connectivity index (χ1n) is 27.1. The van der Waals surface area contributed by atoms with Crippen LogP contribution in [0.25, 0.3) is 0 Å². The number of carbonyl (C=O) groups excluding carboxylic acids is 2. The summed E-state index contributed by atoms with van der Waals surface area (Å²) in [6, 6.07) is 0. The summed E-state index contributed by atoms with van der Waals surface area (Å²) in [6.07, 6.45) is 77.9. The summed E-state index contributed by atoms with van der Waals surface area (Å²) in [5.74, 6) is -0.515. The molecule has 0 aromatic rings. The van der Waals surface area contributed by atoms with Crippen molar-refractivity contribution >= 4 is 11.9 Å². The molecule has 0 aliphatic rings. The van der Waals surface area contributed by atoms with E-state index in [0.29, 0.717) is 25.9 Å². The van der Waals surface area contributed by atoms with Crippen LogP contribution in [0.15, 0.2) is 122 Å². The molecule has 374 valence electrons. The minimum atomic E-state index is -0.585. The molecule has 0 spiro atoms. The summed E-state index contributed by atoms with van der Waals surface area (Å²) in [4.78, 5) is 25.4. The standard InChI is InChI=1S/C61H100O5/c1-4-7-10-13-16-19-22-25-28-30-31-33-34-36-39-42-45-48-51-54-60(62)65-58-59(57-64-56-53-50-47-44-41-38-27-24-21-18-15-12-9-6-3)66-61(63)55-52-49-46-43-40-37-35-32-29-26-23-20-17-14-11-8-5-2/h7,10,12,15-17,19-21,24-26,28-29,31,33,36,39,45,48,59H,4-6,8-9,11,13-14,18,22-23,27,30,32,34-35,37-38,40-44,46-47,49-58H2,1-3H3/b10-7-,15-12-,19-16-,20-17-,24-21-,28-25-,29-26-,33-31-,39-36-,48-45-. The van der Waals surface area contributed by atoms with Gasteiger partial charge in [-0.25, -0.2) is 0 Å². The highest BCUT2D eigenvalue weighted by atomic mass is 16.6. The highest BCUT2D eigenvalue weighted by Crippen LogP contribution is 2.13. The predicted octanol–water partition coefficient (Wildman–Crippen LogP) is 18.6. The van der Waals surface area contributed by atoms with E-state index < -0.39 is 6.10 Å². The van der Waals surface area contributed by atoms with Crippen LogP contribution in [0.3, 0.4) is 0 Å². The van der Waals surface area contributed by atoms with Gasteiger partial charge in [0.05, 0.1) is 6.61 Å². The molecule has 0 fully saturated rings. The summed E-state index contributed by atoms with van der Waals surface area (Å²) in [7, 11) is 0. The van der Waals surface area contributed by atoms with Crippen molar-refractivity contribution in [2.45, 2.75) is 232 Å². The third kappa shape index (κ3) is 52.9. The zero-order valence-corrected chi connectivity index (χ0v) is 42.9. The van der Waals surface area contributed by atoms with Crippen molar-refractivity contribution in [3.05, 3.63) is 122 Å². The molecule has 0 aliphatic heterocycles. The molecular formula is C61H100O5. The van der Waals surface area contributed by atoms with Crippen LogP contribution in [0.5, 0.6) is 0 Å². The monoisotopic (exact) mass is 913 g/mol. The number of carbonyl (C=O) groups is 2. The molecule has 0 heterocycles. The Bertz CT molecular complexity index is 1350. The molecule has 5 nitrogen and oxygen atoms in total. The third-order valence-electron chi connectivity index (χ3n) is 10.9. The predicted molar refractivity (Wildman–Crippen MR) is 288 cm³/mol. The van der Waals surface area contributed by atoms with Gasteiger partial charge < -0.3 is 14.2 Å². The molecule has 0 radical (unpaired) electrons. The molecule has 0 N–H and O–H groups in total. The van der Waals surface area contributed by atoms with E-state index >= 15 is 0 Å². The maximum Gasteiger partial charge on any atom is 0.306 e. The third-order valence-corrected chi connectivity index (χ3v) is 10.9. The summed E-state index contributed by atoms with van der Waals surface area (Å²) in [5.41, 5.74) is 0. The van der Waals surface area contributed by atoms with Gasteiger partial charge in [0, 0.05) is 19.4 Å². The van der Waals surface area contributed by atoms with Gasteiger partial charge in [0.15, 0.2) is 6.10 Å². The van der Waals surface area contributed by atoms with E-state index in [4.69, 9.17) is 14.2 Å². The molecular weight excluding hydrogens is 813 g/mol. The number of allylic oxidation sites excluding steroid dienone is 20. The van der Waals surface area contributed by atoms with Crippen molar-refractivity contribution in [2.75, 3.05) is 19.8 Å². The highest BCUT2D eigenvalue weighted by Gasteiger charge is 2.17. The van der Waals surface area contributed by atoms with Crippen molar-refractivity contribution in [2.24, 2.45) is 0 Å². The van der Waals surface area contributed by atoms with E-state index in [1.807, 2.05) is 6.08 Å². The topological polar surface area (TPSA) is 61.8 Å². The Balaban J connectivity index is 4.44. The second-order valence-corrected chi connectivity index (χ2v) is 17.4. The minimum Gasteiger partial charge on any atom is -0.462 e. The first-order chi connectivity index (χ1) is 32.6. The SMILES string of the molecule is CC/C=C\C/C=C\C/C=C\C/C=C\C/C=C\C/C=C\CCC(=O)OCC(COCCCCCCCC/C=C\C/C=C\CCC)OC(=O)CCCCCCCCC/C=C\C/C=C\CCCCC. The maximum atomic E-state index is 12.8. The Labute approximate surface area is 407 Å². The Hall–Kier alpha value is -3.70. The number of unbranched alkanes of at least 4 members (excludes halogenated alkanes) is 17. The molecule has 0 aromatic carbocycles. The fraction of sp³-hybridized carbons (Fsp3) is 0.639. The molecule has 0 aliphatic carbocycles. The van der Waals surface area contributed by atoms with Crippen LogP contribution in [0, 0.1) is 0 Å². The van der Waals surface area contributed by atoms with Crippen molar-refractivity contribution < 1.29 is 23.8 Å². The highest BCUT2D eigenvalue weighted by molar-refractivity contribution is 5.70. The van der Waals surface area contributed by atoms with Gasteiger partial charge in [-0.05, 0) is 116 Å². The Morgan fingerprint density at radius 2 is 0.742 bits per heavy atom. The van der Waals surface area contributed by atoms with E-state index in [2.05, 4.69) is 136 Å². The quantitative estimate of drug-likeness (QED) is 0.0346. The molecule has 0 aromatic heterocycles. The first-order valence-corrected chi connectivity index (χ1v) is 27.1. The summed E-state index contributed by atoms with van der Waals surface area (Å²) in [6.45, 7) is 7.51. The van der Waals surface area contributed by atoms with Gasteiger partial charge >= 0.3 is 11.9 Å². The molecule has 1 atom stereocenters. The zero-order chi connectivity index (χ0) is 47.7. The molecule has 0 bridgehead atoms. The van der Waals surface area contributed by atoms with Gasteiger partial charge in [0.2, 0.25) is 0 Å². The summed E-state index contributed by atoms with van der Waals surface area (Å²) in [5, 5.41) is 0. The van der Waals surface area contributed by atoms with Gasteiger partial charge in [0.1, 0.15) is 6.61 Å². The number of hydrogen-bond acceptors (Lipinski definition) is 5. The Kier molecular flexibility index (Phi) is 52.5. The van der Waals surface area contributed by atoms with E-state index in [1.165, 1.54) is 89.9 Å². The van der Waals surface area contributed by atoms with Gasteiger partial charge in [-0.15, -0.1) is 0 Å². The minimum absolute atomic E-state index is 0.0305. The molecule has 0 saturated carbocycles. The summed E-state index contributed by atoms with van der Waals surface area (Å²) < 4.78 is 17.3. The Morgan fingerprint density at radius 1 is 0.348 bits per heavy atom. The lowest BCUT2D eigenvalue weighted by atomic mass is 10.1. The molecule has 66 heavy (non-hydrogen) atoms. The van der Waals surface area contributed by atoms with Crippen LogP contribution in [0.4, 0.5) is 0 Å². The van der Waals surface area contributed by atoms with Crippen LogP contribution >= 0.6 is 0 Å². The molecule has 0 rings (SSSR count). The van der Waals surface area contributed by atoms with Gasteiger partial charge in [0.25, 0.3) is 0 Å². The van der Waals surface area contributed by atoms with Crippen molar-refractivity contribution in [1.29, 1.82) is 0 Å².